The lowest BCUT2D eigenvalue weighted by atomic mass is 10.1. The number of hydrogen-bond donors (Lipinski definition) is 1. The van der Waals surface area contributed by atoms with Gasteiger partial charge in [0.25, 0.3) is 5.69 Å². The first-order valence-electron chi connectivity index (χ1n) is 7.51. The highest BCUT2D eigenvalue weighted by Crippen LogP contribution is 2.23. The van der Waals surface area contributed by atoms with E-state index in [0.29, 0.717) is 28.8 Å². The Kier molecular flexibility index (Phi) is 5.42. The third kappa shape index (κ3) is 4.43. The van der Waals surface area contributed by atoms with Crippen LogP contribution in [-0.4, -0.2) is 25.9 Å². The molecule has 0 saturated carbocycles. The first-order valence-corrected chi connectivity index (χ1v) is 8.67. The fourth-order valence-corrected chi connectivity index (χ4v) is 3.02. The van der Waals surface area contributed by atoms with E-state index in [-0.39, 0.29) is 5.69 Å². The number of aliphatic hydroxyl groups is 1. The standard InChI is InChI=1S/C17H15N3O4S/c21-15(12-4-2-1-3-5-12)10-25-11-16-18-17(19-24-16)13-6-8-14(9-7-13)20(22)23/h1-9,15,21H,10-11H2. The van der Waals surface area contributed by atoms with Crippen LogP contribution in [-0.2, 0) is 5.75 Å². The van der Waals surface area contributed by atoms with Gasteiger partial charge < -0.3 is 9.63 Å². The van der Waals surface area contributed by atoms with Gasteiger partial charge in [0.15, 0.2) is 0 Å². The number of non-ortho nitro benzene ring substituents is 1. The van der Waals surface area contributed by atoms with Gasteiger partial charge in [-0.1, -0.05) is 35.5 Å². The molecule has 0 fully saturated rings. The molecule has 0 amide bonds. The summed E-state index contributed by atoms with van der Waals surface area (Å²) in [5.41, 5.74) is 1.53. The Balaban J connectivity index is 1.56. The molecule has 2 aromatic carbocycles. The molecule has 0 spiro atoms. The number of benzene rings is 2. The number of aliphatic hydroxyl groups excluding tert-OH is 1. The van der Waals surface area contributed by atoms with E-state index in [1.165, 1.54) is 23.9 Å². The minimum atomic E-state index is -0.553. The summed E-state index contributed by atoms with van der Waals surface area (Å²) in [6, 6.07) is 15.4. The van der Waals surface area contributed by atoms with Gasteiger partial charge in [-0.3, -0.25) is 10.1 Å². The molecule has 1 heterocycles. The summed E-state index contributed by atoms with van der Waals surface area (Å²) >= 11 is 1.49. The van der Waals surface area contributed by atoms with E-state index in [1.54, 1.807) is 12.1 Å². The van der Waals surface area contributed by atoms with Crippen LogP contribution in [0.3, 0.4) is 0 Å². The Morgan fingerprint density at radius 3 is 2.56 bits per heavy atom. The van der Waals surface area contributed by atoms with E-state index >= 15 is 0 Å². The second kappa shape index (κ2) is 7.91. The average molecular weight is 357 g/mol. The topological polar surface area (TPSA) is 102 Å². The number of aromatic nitrogens is 2. The molecule has 128 valence electrons. The Labute approximate surface area is 147 Å². The zero-order chi connectivity index (χ0) is 17.6. The number of rotatable bonds is 7. The SMILES string of the molecule is O=[N+]([O-])c1ccc(-c2noc(CSCC(O)c3ccccc3)n2)cc1. The van der Waals surface area contributed by atoms with Gasteiger partial charge in [0, 0.05) is 23.4 Å². The predicted octanol–water partition coefficient (Wildman–Crippen LogP) is 3.61. The quantitative estimate of drug-likeness (QED) is 0.509. The van der Waals surface area contributed by atoms with Crippen LogP contribution >= 0.6 is 11.8 Å². The van der Waals surface area contributed by atoms with Crippen LogP contribution in [0.1, 0.15) is 17.6 Å². The normalized spacial score (nSPS) is 12.0. The maximum atomic E-state index is 10.7. The molecule has 8 heteroatoms. The van der Waals surface area contributed by atoms with Gasteiger partial charge in [-0.25, -0.2) is 0 Å². The summed E-state index contributed by atoms with van der Waals surface area (Å²) in [4.78, 5) is 14.5. The maximum absolute atomic E-state index is 10.7. The largest absolute Gasteiger partial charge is 0.388 e. The predicted molar refractivity (Wildman–Crippen MR) is 94.0 cm³/mol. The average Bonchev–Trinajstić information content (AvgIpc) is 3.11. The van der Waals surface area contributed by atoms with Crippen molar-refractivity contribution in [3.63, 3.8) is 0 Å². The minimum absolute atomic E-state index is 0.0120. The maximum Gasteiger partial charge on any atom is 0.269 e. The lowest BCUT2D eigenvalue weighted by Crippen LogP contribution is -2.00. The van der Waals surface area contributed by atoms with Crippen molar-refractivity contribution in [1.82, 2.24) is 10.1 Å². The third-order valence-electron chi connectivity index (χ3n) is 3.49. The van der Waals surface area contributed by atoms with Gasteiger partial charge in [0.1, 0.15) is 0 Å². The van der Waals surface area contributed by atoms with Crippen molar-refractivity contribution < 1.29 is 14.6 Å². The van der Waals surface area contributed by atoms with Crippen molar-refractivity contribution in [3.8, 4) is 11.4 Å². The van der Waals surface area contributed by atoms with Crippen LogP contribution < -0.4 is 0 Å². The highest BCUT2D eigenvalue weighted by molar-refractivity contribution is 7.98. The van der Waals surface area contributed by atoms with Crippen molar-refractivity contribution >= 4 is 17.4 Å². The Bertz CT molecular complexity index is 837. The van der Waals surface area contributed by atoms with E-state index in [4.69, 9.17) is 4.52 Å². The number of thioether (sulfide) groups is 1. The molecule has 1 atom stereocenters. The fraction of sp³-hybridized carbons (Fsp3) is 0.176. The highest BCUT2D eigenvalue weighted by atomic mass is 32.2. The first-order chi connectivity index (χ1) is 12.1. The summed E-state index contributed by atoms with van der Waals surface area (Å²) in [5.74, 6) is 1.82. The Hall–Kier alpha value is -2.71. The van der Waals surface area contributed by atoms with Gasteiger partial charge >= 0.3 is 0 Å². The number of nitro benzene ring substituents is 1. The van der Waals surface area contributed by atoms with E-state index in [0.717, 1.165) is 5.56 Å². The zero-order valence-electron chi connectivity index (χ0n) is 13.1. The van der Waals surface area contributed by atoms with E-state index in [9.17, 15) is 15.2 Å². The fourth-order valence-electron chi connectivity index (χ4n) is 2.19. The monoisotopic (exact) mass is 357 g/mol. The molecule has 25 heavy (non-hydrogen) atoms. The lowest BCUT2D eigenvalue weighted by Gasteiger charge is -2.09. The summed E-state index contributed by atoms with van der Waals surface area (Å²) in [5, 5.41) is 24.7. The molecular formula is C17H15N3O4S. The van der Waals surface area contributed by atoms with Crippen LogP contribution in [0.2, 0.25) is 0 Å². The van der Waals surface area contributed by atoms with Crippen molar-refractivity contribution in [2.75, 3.05) is 5.75 Å². The van der Waals surface area contributed by atoms with Crippen LogP contribution in [0, 0.1) is 10.1 Å². The summed E-state index contributed by atoms with van der Waals surface area (Å²) in [6.07, 6.45) is -0.553. The van der Waals surface area contributed by atoms with Crippen LogP contribution in [0.4, 0.5) is 5.69 Å². The molecule has 3 aromatic rings. The lowest BCUT2D eigenvalue weighted by molar-refractivity contribution is -0.384. The minimum Gasteiger partial charge on any atom is -0.388 e. The van der Waals surface area contributed by atoms with Crippen LogP contribution in [0.5, 0.6) is 0 Å². The molecule has 7 nitrogen and oxygen atoms in total. The van der Waals surface area contributed by atoms with Crippen molar-refractivity contribution in [2.45, 2.75) is 11.9 Å². The molecule has 3 rings (SSSR count). The smallest absolute Gasteiger partial charge is 0.269 e. The Morgan fingerprint density at radius 2 is 1.88 bits per heavy atom. The highest BCUT2D eigenvalue weighted by Gasteiger charge is 2.12. The number of nitrogens with zero attached hydrogens (tertiary/aromatic N) is 3. The second-order valence-corrected chi connectivity index (χ2v) is 6.29. The molecule has 0 aliphatic heterocycles. The summed E-state index contributed by atoms with van der Waals surface area (Å²) in [7, 11) is 0. The van der Waals surface area contributed by atoms with Crippen molar-refractivity contribution in [2.24, 2.45) is 0 Å². The molecule has 0 aliphatic rings. The van der Waals surface area contributed by atoms with Crippen LogP contribution in [0.25, 0.3) is 11.4 Å². The van der Waals surface area contributed by atoms with Crippen LogP contribution in [0.15, 0.2) is 59.1 Å². The third-order valence-corrected chi connectivity index (χ3v) is 4.49. The molecular weight excluding hydrogens is 342 g/mol. The summed E-state index contributed by atoms with van der Waals surface area (Å²) < 4.78 is 5.19. The molecule has 1 N–H and O–H groups in total. The number of nitro groups is 1. The van der Waals surface area contributed by atoms with Gasteiger partial charge in [-0.05, 0) is 17.7 Å². The molecule has 0 saturated heterocycles. The van der Waals surface area contributed by atoms with E-state index in [1.807, 2.05) is 30.3 Å². The number of hydrogen-bond acceptors (Lipinski definition) is 7. The molecule has 1 unspecified atom stereocenters. The molecule has 0 aliphatic carbocycles. The van der Waals surface area contributed by atoms with Gasteiger partial charge in [0.05, 0.1) is 16.8 Å². The molecule has 1 aromatic heterocycles. The second-order valence-electron chi connectivity index (χ2n) is 5.26. The van der Waals surface area contributed by atoms with E-state index in [2.05, 4.69) is 10.1 Å². The molecule has 0 radical (unpaired) electrons. The first kappa shape index (κ1) is 17.1. The Morgan fingerprint density at radius 1 is 1.16 bits per heavy atom. The van der Waals surface area contributed by atoms with Crippen molar-refractivity contribution in [3.05, 3.63) is 76.2 Å². The zero-order valence-corrected chi connectivity index (χ0v) is 13.9. The van der Waals surface area contributed by atoms with Gasteiger partial charge in [-0.15, -0.1) is 11.8 Å². The van der Waals surface area contributed by atoms with Gasteiger partial charge in [0.2, 0.25) is 11.7 Å². The van der Waals surface area contributed by atoms with E-state index < -0.39 is 11.0 Å². The summed E-state index contributed by atoms with van der Waals surface area (Å²) in [6.45, 7) is 0. The van der Waals surface area contributed by atoms with Gasteiger partial charge in [-0.2, -0.15) is 4.98 Å². The van der Waals surface area contributed by atoms with Crippen molar-refractivity contribution in [1.29, 1.82) is 0 Å². The molecule has 0 bridgehead atoms.